The summed E-state index contributed by atoms with van der Waals surface area (Å²) >= 11 is 0. The van der Waals surface area contributed by atoms with Crippen molar-refractivity contribution in [3.05, 3.63) is 17.8 Å². The van der Waals surface area contributed by atoms with Gasteiger partial charge in [0.15, 0.2) is 0 Å². The Morgan fingerprint density at radius 3 is 2.79 bits per heavy atom. The third-order valence-electron chi connectivity index (χ3n) is 2.30. The number of carbonyl (C=O) groups is 2. The minimum atomic E-state index is -0.982. The van der Waals surface area contributed by atoms with Crippen molar-refractivity contribution in [1.82, 2.24) is 15.6 Å². The Labute approximate surface area is 110 Å². The van der Waals surface area contributed by atoms with Gasteiger partial charge in [-0.2, -0.15) is 0 Å². The summed E-state index contributed by atoms with van der Waals surface area (Å²) < 4.78 is 10.1. The van der Waals surface area contributed by atoms with Gasteiger partial charge in [-0.3, -0.25) is 4.79 Å². The van der Waals surface area contributed by atoms with Gasteiger partial charge in [-0.15, -0.1) is 0 Å². The number of urea groups is 1. The summed E-state index contributed by atoms with van der Waals surface area (Å²) in [4.78, 5) is 25.9. The van der Waals surface area contributed by atoms with Crippen LogP contribution in [0.4, 0.5) is 4.79 Å². The molecule has 1 unspecified atom stereocenters. The van der Waals surface area contributed by atoms with Crippen LogP contribution in [0.5, 0.6) is 0 Å². The van der Waals surface area contributed by atoms with Gasteiger partial charge in [0.2, 0.25) is 5.89 Å². The van der Waals surface area contributed by atoms with Crippen LogP contribution in [0, 0.1) is 6.92 Å². The standard InChI is InChI=1S/C11H17N3O5/c1-7-4-12-9(19-7)6-14-11(17)13-5-8(18-2)3-10(15)16/h4,8H,3,5-6H2,1-2H3,(H,15,16)(H2,13,14,17). The van der Waals surface area contributed by atoms with E-state index in [0.29, 0.717) is 11.7 Å². The second-order valence-corrected chi connectivity index (χ2v) is 3.88. The van der Waals surface area contributed by atoms with Crippen LogP contribution in [-0.4, -0.2) is 41.8 Å². The molecule has 3 N–H and O–H groups in total. The molecule has 0 saturated carbocycles. The minimum Gasteiger partial charge on any atom is -0.481 e. The van der Waals surface area contributed by atoms with Crippen LogP contribution >= 0.6 is 0 Å². The predicted octanol–water partition coefficient (Wildman–Crippen LogP) is 0.272. The maximum absolute atomic E-state index is 11.4. The molecule has 0 spiro atoms. The van der Waals surface area contributed by atoms with Crippen LogP contribution in [0.1, 0.15) is 18.1 Å². The zero-order valence-corrected chi connectivity index (χ0v) is 10.8. The Balaban J connectivity index is 2.25. The van der Waals surface area contributed by atoms with Crippen molar-refractivity contribution < 1.29 is 23.8 Å². The highest BCUT2D eigenvalue weighted by Gasteiger charge is 2.13. The predicted molar refractivity (Wildman–Crippen MR) is 64.5 cm³/mol. The number of nitrogens with zero attached hydrogens (tertiary/aromatic N) is 1. The molecular weight excluding hydrogens is 254 g/mol. The van der Waals surface area contributed by atoms with E-state index in [-0.39, 0.29) is 19.5 Å². The maximum atomic E-state index is 11.4. The molecule has 0 bridgehead atoms. The van der Waals surface area contributed by atoms with Crippen LogP contribution in [0.15, 0.2) is 10.6 Å². The second-order valence-electron chi connectivity index (χ2n) is 3.88. The molecule has 1 aromatic heterocycles. The molecule has 0 fully saturated rings. The van der Waals surface area contributed by atoms with E-state index in [0.717, 1.165) is 0 Å². The molecule has 0 aliphatic heterocycles. The van der Waals surface area contributed by atoms with Crippen LogP contribution in [0.25, 0.3) is 0 Å². The molecule has 8 nitrogen and oxygen atoms in total. The number of aliphatic carboxylic acids is 1. The van der Waals surface area contributed by atoms with Crippen molar-refractivity contribution in [3.63, 3.8) is 0 Å². The molecule has 0 radical (unpaired) electrons. The SMILES string of the molecule is COC(CNC(=O)NCc1ncc(C)o1)CC(=O)O. The number of hydrogen-bond acceptors (Lipinski definition) is 5. The molecule has 1 atom stereocenters. The van der Waals surface area contributed by atoms with E-state index in [2.05, 4.69) is 15.6 Å². The number of rotatable bonds is 7. The molecule has 0 aliphatic rings. The first-order valence-corrected chi connectivity index (χ1v) is 5.69. The molecule has 1 heterocycles. The van der Waals surface area contributed by atoms with Crippen molar-refractivity contribution >= 4 is 12.0 Å². The summed E-state index contributed by atoms with van der Waals surface area (Å²) in [7, 11) is 1.39. The number of hydrogen-bond donors (Lipinski definition) is 3. The van der Waals surface area contributed by atoms with Crippen LogP contribution < -0.4 is 10.6 Å². The summed E-state index contributed by atoms with van der Waals surface area (Å²) in [5, 5.41) is 13.6. The first-order chi connectivity index (χ1) is 9.01. The van der Waals surface area contributed by atoms with Gasteiger partial charge in [0.25, 0.3) is 0 Å². The van der Waals surface area contributed by atoms with Gasteiger partial charge in [0.05, 0.1) is 25.3 Å². The zero-order chi connectivity index (χ0) is 14.3. The Kier molecular flexibility index (Phi) is 5.80. The number of carboxylic acids is 1. The normalized spacial score (nSPS) is 11.9. The third-order valence-corrected chi connectivity index (χ3v) is 2.30. The number of carboxylic acid groups (broad SMARTS) is 1. The van der Waals surface area contributed by atoms with Gasteiger partial charge in [-0.25, -0.2) is 9.78 Å². The fraction of sp³-hybridized carbons (Fsp3) is 0.545. The second kappa shape index (κ2) is 7.37. The van der Waals surface area contributed by atoms with Crippen molar-refractivity contribution in [3.8, 4) is 0 Å². The molecule has 8 heteroatoms. The third kappa shape index (κ3) is 5.87. The van der Waals surface area contributed by atoms with Gasteiger partial charge >= 0.3 is 12.0 Å². The lowest BCUT2D eigenvalue weighted by Crippen LogP contribution is -2.40. The number of methoxy groups -OCH3 is 1. The summed E-state index contributed by atoms with van der Waals surface area (Å²) in [5.41, 5.74) is 0. The fourth-order valence-corrected chi connectivity index (χ4v) is 1.34. The lowest BCUT2D eigenvalue weighted by Gasteiger charge is -2.14. The molecular formula is C11H17N3O5. The van der Waals surface area contributed by atoms with Crippen molar-refractivity contribution in [2.45, 2.75) is 26.0 Å². The Bertz CT molecular complexity index is 432. The van der Waals surface area contributed by atoms with E-state index in [1.165, 1.54) is 7.11 Å². The largest absolute Gasteiger partial charge is 0.481 e. The number of aryl methyl sites for hydroxylation is 1. The van der Waals surface area contributed by atoms with Crippen LogP contribution in [0.3, 0.4) is 0 Å². The van der Waals surface area contributed by atoms with Gasteiger partial charge < -0.3 is 24.9 Å². The van der Waals surface area contributed by atoms with E-state index in [9.17, 15) is 9.59 Å². The van der Waals surface area contributed by atoms with Gasteiger partial charge in [0.1, 0.15) is 5.76 Å². The Morgan fingerprint density at radius 1 is 1.53 bits per heavy atom. The molecule has 19 heavy (non-hydrogen) atoms. The summed E-state index contributed by atoms with van der Waals surface area (Å²) in [5.74, 6) is 0.0870. The summed E-state index contributed by atoms with van der Waals surface area (Å²) in [6.45, 7) is 2.03. The maximum Gasteiger partial charge on any atom is 0.315 e. The molecule has 0 aliphatic carbocycles. The molecule has 0 saturated heterocycles. The van der Waals surface area contributed by atoms with E-state index in [1.54, 1.807) is 13.1 Å². The number of amides is 2. The van der Waals surface area contributed by atoms with E-state index >= 15 is 0 Å². The molecule has 106 valence electrons. The number of ether oxygens (including phenoxy) is 1. The van der Waals surface area contributed by atoms with Crippen LogP contribution in [-0.2, 0) is 16.1 Å². The lowest BCUT2D eigenvalue weighted by atomic mass is 10.2. The number of oxazole rings is 1. The highest BCUT2D eigenvalue weighted by molar-refractivity contribution is 5.74. The van der Waals surface area contributed by atoms with Crippen molar-refractivity contribution in [1.29, 1.82) is 0 Å². The summed E-state index contributed by atoms with van der Waals surface area (Å²) in [6.07, 6.45) is 0.825. The van der Waals surface area contributed by atoms with Gasteiger partial charge in [-0.1, -0.05) is 0 Å². The topological polar surface area (TPSA) is 114 Å². The summed E-state index contributed by atoms with van der Waals surface area (Å²) in [6, 6.07) is -0.441. The number of nitrogens with one attached hydrogen (secondary N) is 2. The highest BCUT2D eigenvalue weighted by Crippen LogP contribution is 2.00. The zero-order valence-electron chi connectivity index (χ0n) is 10.8. The highest BCUT2D eigenvalue weighted by atomic mass is 16.5. The minimum absolute atomic E-state index is 0.110. The smallest absolute Gasteiger partial charge is 0.315 e. The number of carbonyl (C=O) groups excluding carboxylic acids is 1. The van der Waals surface area contributed by atoms with Gasteiger partial charge in [-0.05, 0) is 6.92 Å². The molecule has 1 aromatic rings. The van der Waals surface area contributed by atoms with Crippen molar-refractivity contribution in [2.24, 2.45) is 0 Å². The first-order valence-electron chi connectivity index (χ1n) is 5.69. The average Bonchev–Trinajstić information content (AvgIpc) is 2.77. The van der Waals surface area contributed by atoms with Crippen molar-refractivity contribution in [2.75, 3.05) is 13.7 Å². The quantitative estimate of drug-likeness (QED) is 0.656. The van der Waals surface area contributed by atoms with E-state index < -0.39 is 18.1 Å². The average molecular weight is 271 g/mol. The molecule has 0 aromatic carbocycles. The monoisotopic (exact) mass is 271 g/mol. The molecule has 2 amide bonds. The van der Waals surface area contributed by atoms with Crippen LogP contribution in [0.2, 0.25) is 0 Å². The molecule has 1 rings (SSSR count). The lowest BCUT2D eigenvalue weighted by molar-refractivity contribution is -0.139. The van der Waals surface area contributed by atoms with Gasteiger partial charge in [0, 0.05) is 13.7 Å². The first kappa shape index (κ1) is 15.0. The van der Waals surface area contributed by atoms with E-state index in [4.69, 9.17) is 14.3 Å². The fourth-order valence-electron chi connectivity index (χ4n) is 1.34. The number of aromatic nitrogens is 1. The Hall–Kier alpha value is -2.09. The van der Waals surface area contributed by atoms with E-state index in [1.807, 2.05) is 0 Å². The Morgan fingerprint density at radius 2 is 2.26 bits per heavy atom.